The summed E-state index contributed by atoms with van der Waals surface area (Å²) >= 11 is 0. The van der Waals surface area contributed by atoms with Crippen LogP contribution in [0.5, 0.6) is 0 Å². The van der Waals surface area contributed by atoms with E-state index in [9.17, 15) is 0 Å². The summed E-state index contributed by atoms with van der Waals surface area (Å²) in [7, 11) is 0. The van der Waals surface area contributed by atoms with E-state index in [0.29, 0.717) is 5.56 Å². The number of nitrogens with zero attached hydrogens (tertiary/aromatic N) is 1. The molecule has 0 heterocycles. The lowest BCUT2D eigenvalue weighted by atomic mass is 9.70. The van der Waals surface area contributed by atoms with Crippen LogP contribution in [0.1, 0.15) is 27.8 Å². The van der Waals surface area contributed by atoms with Gasteiger partial charge in [-0.2, -0.15) is 5.26 Å². The van der Waals surface area contributed by atoms with Gasteiger partial charge in [-0.05, 0) is 80.9 Å². The highest BCUT2D eigenvalue weighted by Crippen LogP contribution is 2.62. The molecule has 1 spiro atoms. The summed E-state index contributed by atoms with van der Waals surface area (Å²) in [6.07, 6.45) is 0. The van der Waals surface area contributed by atoms with E-state index in [1.807, 2.05) is 24.3 Å². The van der Waals surface area contributed by atoms with E-state index in [0.717, 1.165) is 11.4 Å². The van der Waals surface area contributed by atoms with E-state index in [-0.39, 0.29) is 5.41 Å². The van der Waals surface area contributed by atoms with Crippen molar-refractivity contribution in [1.29, 1.82) is 5.26 Å². The van der Waals surface area contributed by atoms with Gasteiger partial charge < -0.3 is 5.32 Å². The minimum atomic E-state index is -0.332. The largest absolute Gasteiger partial charge is 0.356 e. The van der Waals surface area contributed by atoms with Gasteiger partial charge in [0, 0.05) is 11.4 Å². The third-order valence-corrected chi connectivity index (χ3v) is 7.30. The molecule has 0 bridgehead atoms. The molecule has 0 atom stereocenters. The van der Waals surface area contributed by atoms with Crippen molar-refractivity contribution in [2.24, 2.45) is 0 Å². The Kier molecular flexibility index (Phi) is 3.86. The Morgan fingerprint density at radius 2 is 0.971 bits per heavy atom. The van der Waals surface area contributed by atoms with Crippen LogP contribution in [-0.4, -0.2) is 0 Å². The van der Waals surface area contributed by atoms with Gasteiger partial charge in [0.15, 0.2) is 0 Å². The van der Waals surface area contributed by atoms with Crippen LogP contribution in [0, 0.1) is 11.3 Å². The fourth-order valence-electron chi connectivity index (χ4n) is 5.97. The molecule has 2 nitrogen and oxygen atoms in total. The Morgan fingerprint density at radius 3 is 1.50 bits per heavy atom. The van der Waals surface area contributed by atoms with Crippen molar-refractivity contribution in [1.82, 2.24) is 0 Å². The average molecular weight is 433 g/mol. The van der Waals surface area contributed by atoms with Gasteiger partial charge in [-0.3, -0.25) is 0 Å². The van der Waals surface area contributed by atoms with Gasteiger partial charge in [-0.25, -0.2) is 0 Å². The Morgan fingerprint density at radius 1 is 0.500 bits per heavy atom. The Hall–Kier alpha value is -4.61. The summed E-state index contributed by atoms with van der Waals surface area (Å²) < 4.78 is 0. The standard InChI is InChI=1S/C32H20N2/c33-20-21-13-15-22(16-14-21)34-23-17-18-27-26-9-3-6-12-30(26)32(31(27)19-23)28-10-4-1-7-24(28)25-8-2-5-11-29(25)32/h1-19,34H. The first-order valence-electron chi connectivity index (χ1n) is 11.5. The van der Waals surface area contributed by atoms with Crippen LogP contribution in [0.2, 0.25) is 0 Å². The molecule has 0 saturated heterocycles. The molecule has 0 saturated carbocycles. The summed E-state index contributed by atoms with van der Waals surface area (Å²) in [5.74, 6) is 0. The van der Waals surface area contributed by atoms with Crippen molar-refractivity contribution < 1.29 is 0 Å². The lowest BCUT2D eigenvalue weighted by Crippen LogP contribution is -2.25. The molecule has 0 unspecified atom stereocenters. The van der Waals surface area contributed by atoms with Gasteiger partial charge >= 0.3 is 0 Å². The van der Waals surface area contributed by atoms with Gasteiger partial charge in [0.1, 0.15) is 0 Å². The van der Waals surface area contributed by atoms with E-state index >= 15 is 0 Å². The van der Waals surface area contributed by atoms with Crippen molar-refractivity contribution in [3.8, 4) is 28.3 Å². The highest BCUT2D eigenvalue weighted by Gasteiger charge is 2.51. The molecule has 0 amide bonds. The zero-order valence-corrected chi connectivity index (χ0v) is 18.4. The highest BCUT2D eigenvalue weighted by atomic mass is 14.9. The summed E-state index contributed by atoms with van der Waals surface area (Å²) in [5.41, 5.74) is 12.9. The second-order valence-electron chi connectivity index (χ2n) is 8.96. The molecule has 2 aliphatic rings. The molecule has 0 fully saturated rings. The molecule has 2 aliphatic carbocycles. The van der Waals surface area contributed by atoms with E-state index in [1.165, 1.54) is 44.5 Å². The monoisotopic (exact) mass is 432 g/mol. The predicted molar refractivity (Wildman–Crippen MR) is 137 cm³/mol. The Balaban J connectivity index is 1.49. The van der Waals surface area contributed by atoms with Crippen LogP contribution in [0.25, 0.3) is 22.3 Å². The van der Waals surface area contributed by atoms with Crippen molar-refractivity contribution in [2.75, 3.05) is 5.32 Å². The molecule has 0 radical (unpaired) electrons. The number of rotatable bonds is 2. The molecular weight excluding hydrogens is 412 g/mol. The number of nitrogens with one attached hydrogen (secondary N) is 1. The Labute approximate surface area is 198 Å². The van der Waals surface area contributed by atoms with Crippen LogP contribution in [0.4, 0.5) is 11.4 Å². The van der Waals surface area contributed by atoms with Gasteiger partial charge in [0.25, 0.3) is 0 Å². The van der Waals surface area contributed by atoms with E-state index in [1.54, 1.807) is 0 Å². The zero-order valence-electron chi connectivity index (χ0n) is 18.4. The minimum absolute atomic E-state index is 0.332. The minimum Gasteiger partial charge on any atom is -0.356 e. The number of benzene rings is 5. The normalized spacial score (nSPS) is 13.5. The lowest BCUT2D eigenvalue weighted by molar-refractivity contribution is 0.794. The number of fused-ring (bicyclic) bond motifs is 10. The molecule has 7 rings (SSSR count). The number of hydrogen-bond donors (Lipinski definition) is 1. The van der Waals surface area contributed by atoms with Gasteiger partial charge in [-0.1, -0.05) is 78.9 Å². The zero-order chi connectivity index (χ0) is 22.7. The fourth-order valence-corrected chi connectivity index (χ4v) is 5.97. The van der Waals surface area contributed by atoms with Crippen molar-refractivity contribution in [3.63, 3.8) is 0 Å². The quantitative estimate of drug-likeness (QED) is 0.305. The van der Waals surface area contributed by atoms with Crippen LogP contribution in [-0.2, 0) is 5.41 Å². The summed E-state index contributed by atoms with van der Waals surface area (Å²) in [6, 6.07) is 43.0. The van der Waals surface area contributed by atoms with Crippen LogP contribution in [0.3, 0.4) is 0 Å². The SMILES string of the molecule is N#Cc1ccc(Nc2ccc3c(c2)C2(c4ccccc4-c4ccccc42)c2ccccc2-3)cc1. The van der Waals surface area contributed by atoms with E-state index in [2.05, 4.69) is 102 Å². The first-order valence-corrected chi connectivity index (χ1v) is 11.5. The molecule has 158 valence electrons. The maximum absolute atomic E-state index is 9.12. The summed E-state index contributed by atoms with van der Waals surface area (Å²) in [5, 5.41) is 12.7. The molecular formula is C32H20N2. The van der Waals surface area contributed by atoms with Crippen molar-refractivity contribution >= 4 is 11.4 Å². The summed E-state index contributed by atoms with van der Waals surface area (Å²) in [6.45, 7) is 0. The third-order valence-electron chi connectivity index (χ3n) is 7.30. The molecule has 1 N–H and O–H groups in total. The number of hydrogen-bond acceptors (Lipinski definition) is 2. The van der Waals surface area contributed by atoms with Crippen LogP contribution >= 0.6 is 0 Å². The maximum atomic E-state index is 9.12. The number of nitriles is 1. The average Bonchev–Trinajstić information content (AvgIpc) is 3.36. The van der Waals surface area contributed by atoms with Gasteiger partial charge in [0.05, 0.1) is 17.0 Å². The third kappa shape index (κ3) is 2.39. The molecule has 5 aromatic carbocycles. The predicted octanol–water partition coefficient (Wildman–Crippen LogP) is 7.65. The topological polar surface area (TPSA) is 35.8 Å². The van der Waals surface area contributed by atoms with E-state index in [4.69, 9.17) is 5.26 Å². The van der Waals surface area contributed by atoms with Gasteiger partial charge in [-0.15, -0.1) is 0 Å². The molecule has 5 aromatic rings. The molecule has 2 heteroatoms. The van der Waals surface area contributed by atoms with Gasteiger partial charge in [0.2, 0.25) is 0 Å². The molecule has 0 aromatic heterocycles. The number of anilines is 2. The first-order chi connectivity index (χ1) is 16.8. The van der Waals surface area contributed by atoms with Crippen molar-refractivity contribution in [3.05, 3.63) is 143 Å². The molecule has 34 heavy (non-hydrogen) atoms. The second kappa shape index (κ2) is 6.94. The van der Waals surface area contributed by atoms with Crippen LogP contribution in [0.15, 0.2) is 115 Å². The summed E-state index contributed by atoms with van der Waals surface area (Å²) in [4.78, 5) is 0. The Bertz CT molecular complexity index is 1570. The van der Waals surface area contributed by atoms with Crippen LogP contribution < -0.4 is 5.32 Å². The smallest absolute Gasteiger partial charge is 0.0991 e. The fraction of sp³-hybridized carbons (Fsp3) is 0.0312. The first kappa shape index (κ1) is 18.9. The van der Waals surface area contributed by atoms with Crippen molar-refractivity contribution in [2.45, 2.75) is 5.41 Å². The lowest BCUT2D eigenvalue weighted by Gasteiger charge is -2.30. The maximum Gasteiger partial charge on any atom is 0.0991 e. The molecule has 0 aliphatic heterocycles. The second-order valence-corrected chi connectivity index (χ2v) is 8.96. The van der Waals surface area contributed by atoms with E-state index < -0.39 is 0 Å². The highest BCUT2D eigenvalue weighted by molar-refractivity contribution is 5.95.